The van der Waals surface area contributed by atoms with Crippen molar-refractivity contribution in [3.8, 4) is 0 Å². The molecule has 90 valence electrons. The topological polar surface area (TPSA) is 44.5 Å². The van der Waals surface area contributed by atoms with Crippen LogP contribution >= 0.6 is 0 Å². The van der Waals surface area contributed by atoms with Crippen LogP contribution in [-0.2, 0) is 0 Å². The van der Waals surface area contributed by atoms with Gasteiger partial charge in [-0.1, -0.05) is 6.07 Å². The van der Waals surface area contributed by atoms with Crippen LogP contribution in [0.2, 0.25) is 0 Å². The Bertz CT molecular complexity index is 575. The lowest BCUT2D eigenvalue weighted by molar-refractivity contribution is 0.850. The van der Waals surface area contributed by atoms with Crippen molar-refractivity contribution in [3.05, 3.63) is 77.6 Å². The molecule has 3 aromatic rings. The van der Waals surface area contributed by atoms with Gasteiger partial charge in [0.05, 0.1) is 11.6 Å². The predicted molar refractivity (Wildman–Crippen MR) is 71.5 cm³/mol. The summed E-state index contributed by atoms with van der Waals surface area (Å²) in [4.78, 5) is 11.2. The fourth-order valence-electron chi connectivity index (χ4n) is 2.26. The highest BCUT2D eigenvalue weighted by molar-refractivity contribution is 5.34. The maximum Gasteiger partial charge on any atom is 0.0813 e. The predicted octanol–water partition coefficient (Wildman–Crippen LogP) is 3.23. The highest BCUT2D eigenvalue weighted by atomic mass is 14.8. The van der Waals surface area contributed by atoms with E-state index in [-0.39, 0.29) is 5.92 Å². The number of aromatic amines is 2. The largest absolute Gasteiger partial charge is 0.364 e. The van der Waals surface area contributed by atoms with Gasteiger partial charge in [0.25, 0.3) is 0 Å². The third-order valence-electron chi connectivity index (χ3n) is 3.07. The lowest BCUT2D eigenvalue weighted by atomic mass is 9.97. The molecule has 18 heavy (non-hydrogen) atoms. The van der Waals surface area contributed by atoms with Crippen LogP contribution in [0.25, 0.3) is 0 Å². The van der Waals surface area contributed by atoms with Crippen LogP contribution in [0, 0.1) is 6.92 Å². The van der Waals surface area contributed by atoms with Crippen LogP contribution in [0.15, 0.2) is 54.9 Å². The number of rotatable bonds is 3. The van der Waals surface area contributed by atoms with Crippen LogP contribution in [0.4, 0.5) is 0 Å². The fourth-order valence-corrected chi connectivity index (χ4v) is 2.26. The Morgan fingerprint density at radius 1 is 0.889 bits per heavy atom. The van der Waals surface area contributed by atoms with E-state index in [1.54, 1.807) is 0 Å². The Hall–Kier alpha value is -2.29. The van der Waals surface area contributed by atoms with Crippen LogP contribution in [0.5, 0.6) is 0 Å². The summed E-state index contributed by atoms with van der Waals surface area (Å²) in [5.41, 5.74) is 4.39. The van der Waals surface area contributed by atoms with Crippen LogP contribution in [0.3, 0.4) is 0 Å². The molecule has 3 heteroatoms. The SMILES string of the molecule is Cc1cccc(C(c2ccc[nH]2)c2ccc[nH]2)n1. The van der Waals surface area contributed by atoms with E-state index < -0.39 is 0 Å². The number of hydrogen-bond acceptors (Lipinski definition) is 1. The Morgan fingerprint density at radius 2 is 1.56 bits per heavy atom. The van der Waals surface area contributed by atoms with E-state index in [4.69, 9.17) is 0 Å². The fraction of sp³-hybridized carbons (Fsp3) is 0.133. The van der Waals surface area contributed by atoms with Gasteiger partial charge in [0.15, 0.2) is 0 Å². The van der Waals surface area contributed by atoms with Gasteiger partial charge in [0, 0.05) is 29.5 Å². The van der Waals surface area contributed by atoms with E-state index in [0.717, 1.165) is 22.8 Å². The molecular formula is C15H15N3. The molecule has 0 fully saturated rings. The molecule has 0 unspecified atom stereocenters. The summed E-state index contributed by atoms with van der Waals surface area (Å²) in [5.74, 6) is 0.134. The van der Waals surface area contributed by atoms with E-state index in [0.29, 0.717) is 0 Å². The van der Waals surface area contributed by atoms with Gasteiger partial charge >= 0.3 is 0 Å². The zero-order valence-corrected chi connectivity index (χ0v) is 10.2. The van der Waals surface area contributed by atoms with Gasteiger partial charge in [0.1, 0.15) is 0 Å². The van der Waals surface area contributed by atoms with E-state index in [1.165, 1.54) is 0 Å². The molecule has 0 aliphatic rings. The zero-order chi connectivity index (χ0) is 12.4. The van der Waals surface area contributed by atoms with E-state index in [1.807, 2.05) is 37.5 Å². The minimum absolute atomic E-state index is 0.134. The average molecular weight is 237 g/mol. The van der Waals surface area contributed by atoms with Gasteiger partial charge in [0.2, 0.25) is 0 Å². The Morgan fingerprint density at radius 3 is 2.06 bits per heavy atom. The van der Waals surface area contributed by atoms with Crippen molar-refractivity contribution in [2.24, 2.45) is 0 Å². The first-order valence-corrected chi connectivity index (χ1v) is 6.05. The monoisotopic (exact) mass is 237 g/mol. The van der Waals surface area contributed by atoms with Crippen molar-refractivity contribution in [1.82, 2.24) is 15.0 Å². The van der Waals surface area contributed by atoms with Crippen LogP contribution in [0.1, 0.15) is 28.7 Å². The van der Waals surface area contributed by atoms with Crippen LogP contribution in [-0.4, -0.2) is 15.0 Å². The lowest BCUT2D eigenvalue weighted by Gasteiger charge is -2.14. The van der Waals surface area contributed by atoms with Crippen molar-refractivity contribution >= 4 is 0 Å². The minimum atomic E-state index is 0.134. The van der Waals surface area contributed by atoms with Gasteiger partial charge in [-0.05, 0) is 43.3 Å². The Kier molecular flexibility index (Phi) is 2.73. The number of pyridine rings is 1. The summed E-state index contributed by atoms with van der Waals surface area (Å²) < 4.78 is 0. The molecule has 3 nitrogen and oxygen atoms in total. The molecule has 0 aromatic carbocycles. The number of nitrogens with one attached hydrogen (secondary N) is 2. The molecule has 3 aromatic heterocycles. The second kappa shape index (κ2) is 4.53. The molecule has 0 aliphatic heterocycles. The molecular weight excluding hydrogens is 222 g/mol. The minimum Gasteiger partial charge on any atom is -0.364 e. The van der Waals surface area contributed by atoms with Gasteiger partial charge in [-0.25, -0.2) is 0 Å². The Balaban J connectivity index is 2.11. The molecule has 0 amide bonds. The molecule has 3 heterocycles. The lowest BCUT2D eigenvalue weighted by Crippen LogP contribution is -2.06. The molecule has 2 N–H and O–H groups in total. The maximum atomic E-state index is 4.65. The first-order valence-electron chi connectivity index (χ1n) is 6.05. The van der Waals surface area contributed by atoms with Crippen molar-refractivity contribution in [2.75, 3.05) is 0 Å². The standard InChI is InChI=1S/C15H15N3/c1-11-5-2-6-14(18-11)15(12-7-3-9-16-12)13-8-4-10-17-13/h2-10,15-17H,1H3. The van der Waals surface area contributed by atoms with Crippen molar-refractivity contribution in [1.29, 1.82) is 0 Å². The second-order valence-corrected chi connectivity index (χ2v) is 4.39. The normalized spacial score (nSPS) is 11.0. The molecule has 0 saturated carbocycles. The average Bonchev–Trinajstić information content (AvgIpc) is 3.02. The first-order chi connectivity index (χ1) is 8.84. The maximum absolute atomic E-state index is 4.65. The zero-order valence-electron chi connectivity index (χ0n) is 10.2. The third kappa shape index (κ3) is 1.95. The summed E-state index contributed by atoms with van der Waals surface area (Å²) in [7, 11) is 0. The van der Waals surface area contributed by atoms with Crippen molar-refractivity contribution < 1.29 is 0 Å². The number of nitrogens with zero attached hydrogens (tertiary/aromatic N) is 1. The molecule has 0 aliphatic carbocycles. The highest BCUT2D eigenvalue weighted by Gasteiger charge is 2.19. The second-order valence-electron chi connectivity index (χ2n) is 4.39. The molecule has 0 spiro atoms. The number of aromatic nitrogens is 3. The van der Waals surface area contributed by atoms with Crippen molar-refractivity contribution in [3.63, 3.8) is 0 Å². The number of H-pyrrole nitrogens is 2. The van der Waals surface area contributed by atoms with Gasteiger partial charge in [-0.15, -0.1) is 0 Å². The van der Waals surface area contributed by atoms with Gasteiger partial charge in [-0.2, -0.15) is 0 Å². The van der Waals surface area contributed by atoms with E-state index >= 15 is 0 Å². The quantitative estimate of drug-likeness (QED) is 0.721. The van der Waals surface area contributed by atoms with Gasteiger partial charge in [-0.3, -0.25) is 4.98 Å². The molecule has 0 saturated heterocycles. The first kappa shape index (κ1) is 10.8. The molecule has 0 bridgehead atoms. The van der Waals surface area contributed by atoms with E-state index in [9.17, 15) is 0 Å². The number of aryl methyl sites for hydroxylation is 1. The van der Waals surface area contributed by atoms with Crippen molar-refractivity contribution in [2.45, 2.75) is 12.8 Å². The van der Waals surface area contributed by atoms with Gasteiger partial charge < -0.3 is 9.97 Å². The molecule has 0 atom stereocenters. The molecule has 3 rings (SSSR count). The Labute approximate surface area is 106 Å². The summed E-state index contributed by atoms with van der Waals surface area (Å²) in [5, 5.41) is 0. The summed E-state index contributed by atoms with van der Waals surface area (Å²) in [6, 6.07) is 14.4. The smallest absolute Gasteiger partial charge is 0.0813 e. The summed E-state index contributed by atoms with van der Waals surface area (Å²) >= 11 is 0. The summed E-state index contributed by atoms with van der Waals surface area (Å²) in [6.07, 6.45) is 3.89. The number of hydrogen-bond donors (Lipinski definition) is 2. The van der Waals surface area contributed by atoms with Crippen LogP contribution < -0.4 is 0 Å². The summed E-state index contributed by atoms with van der Waals surface area (Å²) in [6.45, 7) is 2.02. The third-order valence-corrected chi connectivity index (χ3v) is 3.07. The highest BCUT2D eigenvalue weighted by Crippen LogP contribution is 2.28. The molecule has 0 radical (unpaired) electrons. The van der Waals surface area contributed by atoms with E-state index in [2.05, 4.69) is 39.2 Å².